The molecule has 3 aliphatic rings. The van der Waals surface area contributed by atoms with Gasteiger partial charge in [0.15, 0.2) is 34.7 Å². The first-order valence-electron chi connectivity index (χ1n) is 13.2. The normalized spacial score (nSPS) is 29.1. The number of non-ortho nitro benzene ring substituents is 1. The Morgan fingerprint density at radius 3 is 2.44 bits per heavy atom. The van der Waals surface area contributed by atoms with Crippen LogP contribution in [0.4, 0.5) is 5.69 Å². The van der Waals surface area contributed by atoms with Crippen LogP contribution in [0.3, 0.4) is 0 Å². The lowest BCUT2D eigenvalue weighted by atomic mass is 9.52. The monoisotopic (exact) mass is 563 g/mol. The Labute approximate surface area is 234 Å². The highest BCUT2D eigenvalue weighted by Gasteiger charge is 2.69. The number of nitrogens with two attached hydrogens (primary N) is 1. The van der Waals surface area contributed by atoms with Crippen LogP contribution in [-0.2, 0) is 32.0 Å². The summed E-state index contributed by atoms with van der Waals surface area (Å²) in [6, 6.07) is 6.30. The van der Waals surface area contributed by atoms with E-state index >= 15 is 0 Å². The molecule has 2 fully saturated rings. The molecule has 6 atom stereocenters. The van der Waals surface area contributed by atoms with Crippen molar-refractivity contribution in [1.82, 2.24) is 4.90 Å². The van der Waals surface area contributed by atoms with E-state index in [2.05, 4.69) is 0 Å². The van der Waals surface area contributed by atoms with E-state index in [1.54, 1.807) is 19.1 Å². The van der Waals surface area contributed by atoms with Gasteiger partial charge in [0.2, 0.25) is 5.91 Å². The van der Waals surface area contributed by atoms with Gasteiger partial charge in [-0.05, 0) is 67.6 Å². The van der Waals surface area contributed by atoms with Gasteiger partial charge in [-0.2, -0.15) is 0 Å². The fourth-order valence-electron chi connectivity index (χ4n) is 7.04. The first-order valence-corrected chi connectivity index (χ1v) is 13.2. The van der Waals surface area contributed by atoms with Crippen LogP contribution in [0.15, 0.2) is 30.3 Å². The molecular weight excluding hydrogens is 534 g/mol. The zero-order valence-electron chi connectivity index (χ0n) is 22.6. The van der Waals surface area contributed by atoms with Crippen LogP contribution in [0.1, 0.15) is 34.8 Å². The van der Waals surface area contributed by atoms with Crippen molar-refractivity contribution < 1.29 is 39.1 Å². The lowest BCUT2D eigenvalue weighted by Gasteiger charge is -2.52. The molecule has 2 saturated carbocycles. The van der Waals surface area contributed by atoms with Crippen LogP contribution in [0.2, 0.25) is 0 Å². The summed E-state index contributed by atoms with van der Waals surface area (Å²) in [5, 5.41) is 34.3. The van der Waals surface area contributed by atoms with Crippen LogP contribution in [0.5, 0.6) is 5.75 Å². The second kappa shape index (κ2) is 9.67. The topological polar surface area (TPSA) is 198 Å². The molecule has 41 heavy (non-hydrogen) atoms. The van der Waals surface area contributed by atoms with Crippen molar-refractivity contribution in [3.8, 4) is 16.9 Å². The molecule has 0 aliphatic heterocycles. The van der Waals surface area contributed by atoms with Gasteiger partial charge in [0.05, 0.1) is 22.4 Å². The largest absolute Gasteiger partial charge is 0.507 e. The zero-order chi connectivity index (χ0) is 30.1. The number of likely N-dealkylation sites (N-methyl/N-ethyl adjacent to an activating group) is 1. The first-order chi connectivity index (χ1) is 19.2. The van der Waals surface area contributed by atoms with Gasteiger partial charge in [0.1, 0.15) is 5.75 Å². The number of benzene rings is 2. The third-order valence-electron chi connectivity index (χ3n) is 8.89. The maximum absolute atomic E-state index is 14.0. The van der Waals surface area contributed by atoms with Crippen molar-refractivity contribution in [2.24, 2.45) is 29.4 Å². The molecule has 0 saturated heterocycles. The van der Waals surface area contributed by atoms with E-state index in [-0.39, 0.29) is 29.8 Å². The van der Waals surface area contributed by atoms with Gasteiger partial charge >= 0.3 is 0 Å². The van der Waals surface area contributed by atoms with Gasteiger partial charge in [-0.15, -0.1) is 0 Å². The SMILES string of the molecule is CCc1cc(-c2cccc([N+](=O)[O-])c2)c2c(c1O)C(=O)C1C(=O)[C@]3(O)C(=O)C(C(N)=O)C(=O)[C@@H](N(C)C)[C@@H]3C[C@@H]1C2. The Kier molecular flexibility index (Phi) is 6.66. The third-order valence-corrected chi connectivity index (χ3v) is 8.89. The molecule has 12 nitrogen and oxygen atoms in total. The molecular formula is C29H29N3O9. The van der Waals surface area contributed by atoms with Gasteiger partial charge in [-0.25, -0.2) is 0 Å². The minimum atomic E-state index is -2.81. The molecule has 0 heterocycles. The van der Waals surface area contributed by atoms with E-state index in [1.807, 2.05) is 0 Å². The fraction of sp³-hybridized carbons (Fsp3) is 0.414. The second-order valence-electron chi connectivity index (χ2n) is 11.2. The number of carbonyl (C=O) groups excluding carboxylic acids is 5. The number of phenolic OH excluding ortho intramolecular Hbond substituents is 1. The summed E-state index contributed by atoms with van der Waals surface area (Å²) in [4.78, 5) is 79.2. The smallest absolute Gasteiger partial charge is 0.270 e. The number of aliphatic hydroxyl groups is 1. The number of ketones is 4. The molecule has 1 amide bonds. The molecule has 2 aromatic carbocycles. The van der Waals surface area contributed by atoms with Crippen molar-refractivity contribution in [1.29, 1.82) is 0 Å². The molecule has 2 aromatic rings. The van der Waals surface area contributed by atoms with Crippen LogP contribution in [-0.4, -0.2) is 74.8 Å². The van der Waals surface area contributed by atoms with Crippen LogP contribution < -0.4 is 5.73 Å². The van der Waals surface area contributed by atoms with Gasteiger partial charge < -0.3 is 15.9 Å². The summed E-state index contributed by atoms with van der Waals surface area (Å²) in [5.41, 5.74) is 3.90. The predicted molar refractivity (Wildman–Crippen MR) is 143 cm³/mol. The number of primary amides is 1. The maximum atomic E-state index is 14.0. The summed E-state index contributed by atoms with van der Waals surface area (Å²) in [6.45, 7) is 1.75. The molecule has 12 heteroatoms. The Balaban J connectivity index is 1.70. The number of phenols is 1. The van der Waals surface area contributed by atoms with Gasteiger partial charge in [0, 0.05) is 18.1 Å². The minimum absolute atomic E-state index is 0.0570. The van der Waals surface area contributed by atoms with Crippen LogP contribution >= 0.6 is 0 Å². The lowest BCUT2D eigenvalue weighted by Crippen LogP contribution is -2.74. The van der Waals surface area contributed by atoms with Crippen molar-refractivity contribution >= 4 is 34.7 Å². The number of carbonyl (C=O) groups is 5. The van der Waals surface area contributed by atoms with Crippen molar-refractivity contribution in [3.05, 3.63) is 57.1 Å². The number of nitro groups is 1. The number of rotatable bonds is 5. The van der Waals surface area contributed by atoms with Crippen molar-refractivity contribution in [2.75, 3.05) is 14.1 Å². The molecule has 0 radical (unpaired) electrons. The Morgan fingerprint density at radius 2 is 1.85 bits per heavy atom. The number of fused-ring (bicyclic) bond motifs is 3. The molecule has 214 valence electrons. The summed E-state index contributed by atoms with van der Waals surface area (Å²) in [6.07, 6.45) is 0.268. The number of amides is 1. The lowest BCUT2D eigenvalue weighted by molar-refractivity contribution is -0.384. The van der Waals surface area contributed by atoms with E-state index in [0.29, 0.717) is 28.7 Å². The number of hydrogen-bond donors (Lipinski definition) is 3. The number of hydrogen-bond acceptors (Lipinski definition) is 10. The second-order valence-corrected chi connectivity index (χ2v) is 11.2. The highest BCUT2D eigenvalue weighted by molar-refractivity contribution is 6.32. The summed E-state index contributed by atoms with van der Waals surface area (Å²) >= 11 is 0. The number of nitrogens with zero attached hydrogens (tertiary/aromatic N) is 2. The maximum Gasteiger partial charge on any atom is 0.270 e. The highest BCUT2D eigenvalue weighted by Crippen LogP contribution is 2.52. The van der Waals surface area contributed by atoms with Gasteiger partial charge in [0.25, 0.3) is 5.69 Å². The number of aromatic hydroxyl groups is 1. The van der Waals surface area contributed by atoms with E-state index in [9.17, 15) is 44.3 Å². The summed E-state index contributed by atoms with van der Waals surface area (Å²) in [7, 11) is 3.03. The average molecular weight is 564 g/mol. The molecule has 4 N–H and O–H groups in total. The summed E-state index contributed by atoms with van der Waals surface area (Å²) < 4.78 is 0. The van der Waals surface area contributed by atoms with Gasteiger partial charge in [-0.1, -0.05) is 19.1 Å². The number of nitro benzene ring substituents is 1. The van der Waals surface area contributed by atoms with Crippen LogP contribution in [0, 0.1) is 33.8 Å². The van der Waals surface area contributed by atoms with E-state index in [1.165, 1.54) is 37.2 Å². The van der Waals surface area contributed by atoms with Crippen molar-refractivity contribution in [2.45, 2.75) is 37.8 Å². The minimum Gasteiger partial charge on any atom is -0.507 e. The first kappa shape index (κ1) is 28.2. The molecule has 3 aliphatic carbocycles. The van der Waals surface area contributed by atoms with E-state index in [0.717, 1.165) is 0 Å². The van der Waals surface area contributed by atoms with E-state index in [4.69, 9.17) is 5.73 Å². The highest BCUT2D eigenvalue weighted by atomic mass is 16.6. The Morgan fingerprint density at radius 1 is 1.17 bits per heavy atom. The Bertz CT molecular complexity index is 1560. The molecule has 0 aromatic heterocycles. The molecule has 0 spiro atoms. The van der Waals surface area contributed by atoms with Crippen molar-refractivity contribution in [3.63, 3.8) is 0 Å². The standard InChI is InChI=1S/C29H29N3O9/c1-4-12-9-16(13-6-5-7-15(8-13)32(40)41)17-10-14-11-18-22(31(2)3)25(35)21(28(30)38)27(37)29(18,39)26(36)19(14)24(34)20(17)23(12)33/h5-9,14,18-19,21-22,33,39H,4,10-11H2,1-3H3,(H2,30,38)/t14-,18-,19?,21?,22-,29-/m0/s1. The molecule has 5 rings (SSSR count). The van der Waals surface area contributed by atoms with Gasteiger partial charge in [-0.3, -0.25) is 39.0 Å². The quantitative estimate of drug-likeness (QED) is 0.268. The average Bonchev–Trinajstić information content (AvgIpc) is 2.90. The molecule has 0 bridgehead atoms. The third kappa shape index (κ3) is 3.92. The zero-order valence-corrected chi connectivity index (χ0v) is 22.6. The fourth-order valence-corrected chi connectivity index (χ4v) is 7.04. The molecule has 2 unspecified atom stereocenters. The van der Waals surface area contributed by atoms with E-state index < -0.39 is 69.3 Å². The van der Waals surface area contributed by atoms with Crippen LogP contribution in [0.25, 0.3) is 11.1 Å². The number of Topliss-reactive ketones (excluding diaryl/α,β-unsaturated/α-hetero) is 4. The Hall–Kier alpha value is -4.29. The number of aryl methyl sites for hydroxylation is 1. The predicted octanol–water partition coefficient (Wildman–Crippen LogP) is 1.00. The summed E-state index contributed by atoms with van der Waals surface area (Å²) in [5.74, 6) is -11.3.